The van der Waals surface area contributed by atoms with Crippen molar-refractivity contribution in [1.29, 1.82) is 0 Å². The van der Waals surface area contributed by atoms with E-state index in [1.165, 1.54) is 0 Å². The highest BCUT2D eigenvalue weighted by molar-refractivity contribution is 5.96. The Bertz CT molecular complexity index is 737. The average molecular weight is 331 g/mol. The average Bonchev–Trinajstić information content (AvgIpc) is 3.24. The quantitative estimate of drug-likeness (QED) is 0.834. The van der Waals surface area contributed by atoms with Gasteiger partial charge in [0, 0.05) is 19.2 Å². The first-order valence-electron chi connectivity index (χ1n) is 7.60. The van der Waals surface area contributed by atoms with E-state index >= 15 is 0 Å². The Morgan fingerprint density at radius 2 is 2.29 bits per heavy atom. The van der Waals surface area contributed by atoms with Crippen molar-refractivity contribution in [2.45, 2.75) is 32.5 Å². The Labute approximate surface area is 138 Å². The number of aromatic nitrogens is 2. The van der Waals surface area contributed by atoms with E-state index in [1.807, 2.05) is 0 Å². The number of amides is 1. The summed E-state index contributed by atoms with van der Waals surface area (Å²) < 4.78 is 15.3. The molecule has 1 fully saturated rings. The van der Waals surface area contributed by atoms with Gasteiger partial charge in [-0.1, -0.05) is 11.2 Å². The number of carbonyl (C=O) groups excluding carboxylic acids is 2. The third-order valence-electron chi connectivity index (χ3n) is 3.49. The molecule has 3 rings (SSSR count). The molecular weight excluding hydrogens is 314 g/mol. The molecule has 1 aromatic heterocycles. The monoisotopic (exact) mass is 331 g/mol. The zero-order chi connectivity index (χ0) is 16.9. The van der Waals surface area contributed by atoms with Crippen LogP contribution < -0.4 is 5.32 Å². The summed E-state index contributed by atoms with van der Waals surface area (Å²) in [5, 5.41) is 6.39. The molecule has 0 aliphatic carbocycles. The Balaban J connectivity index is 1.59. The number of nitrogens with one attached hydrogen (secondary N) is 1. The first-order chi connectivity index (χ1) is 11.6. The molecule has 24 heavy (non-hydrogen) atoms. The number of aryl methyl sites for hydroxylation is 1. The lowest BCUT2D eigenvalue weighted by atomic mass is 10.2. The van der Waals surface area contributed by atoms with Crippen LogP contribution in [0.15, 0.2) is 28.8 Å². The van der Waals surface area contributed by atoms with Gasteiger partial charge in [0.2, 0.25) is 11.7 Å². The number of carbonyl (C=O) groups is 2. The highest BCUT2D eigenvalue weighted by Crippen LogP contribution is 2.17. The molecule has 0 spiro atoms. The topological polar surface area (TPSA) is 104 Å². The molecule has 0 saturated carbocycles. The van der Waals surface area contributed by atoms with Crippen LogP contribution in [0.1, 0.15) is 34.9 Å². The predicted octanol–water partition coefficient (Wildman–Crippen LogP) is 1.85. The van der Waals surface area contributed by atoms with Crippen LogP contribution in [0.5, 0.6) is 0 Å². The minimum atomic E-state index is -0.536. The van der Waals surface area contributed by atoms with Crippen molar-refractivity contribution in [2.75, 3.05) is 11.9 Å². The van der Waals surface area contributed by atoms with Gasteiger partial charge < -0.3 is 19.3 Å². The van der Waals surface area contributed by atoms with E-state index in [-0.39, 0.29) is 12.5 Å². The third kappa shape index (κ3) is 3.96. The third-order valence-corrected chi connectivity index (χ3v) is 3.49. The van der Waals surface area contributed by atoms with Gasteiger partial charge in [0.1, 0.15) is 6.10 Å². The standard InChI is InChI=1S/C16H17N3O5/c1-10-17-14(19-24-10)9-23-16(21)11-4-2-5-12(8-11)18-15(20)13-6-3-7-22-13/h2,4-5,8,13H,3,6-7,9H2,1H3,(H,18,20). The number of esters is 1. The normalized spacial score (nSPS) is 16.8. The largest absolute Gasteiger partial charge is 0.454 e. The summed E-state index contributed by atoms with van der Waals surface area (Å²) >= 11 is 0. The van der Waals surface area contributed by atoms with Crippen molar-refractivity contribution in [3.05, 3.63) is 41.5 Å². The molecule has 8 nitrogen and oxygen atoms in total. The van der Waals surface area contributed by atoms with Gasteiger partial charge in [0.15, 0.2) is 6.61 Å². The maximum atomic E-state index is 12.1. The lowest BCUT2D eigenvalue weighted by molar-refractivity contribution is -0.124. The maximum Gasteiger partial charge on any atom is 0.338 e. The minimum absolute atomic E-state index is 0.0807. The zero-order valence-electron chi connectivity index (χ0n) is 13.2. The highest BCUT2D eigenvalue weighted by atomic mass is 16.5. The number of hydrogen-bond donors (Lipinski definition) is 1. The number of nitrogens with zero attached hydrogens (tertiary/aromatic N) is 2. The SMILES string of the molecule is Cc1nc(COC(=O)c2cccc(NC(=O)C3CCCO3)c2)no1. The summed E-state index contributed by atoms with van der Waals surface area (Å²) in [6, 6.07) is 6.52. The molecule has 1 aliphatic heterocycles. The van der Waals surface area contributed by atoms with Crippen LogP contribution in [-0.4, -0.2) is 34.7 Å². The first-order valence-corrected chi connectivity index (χ1v) is 7.60. The van der Waals surface area contributed by atoms with Crippen LogP contribution in [0, 0.1) is 6.92 Å². The Morgan fingerprint density at radius 1 is 1.42 bits per heavy atom. The lowest BCUT2D eigenvalue weighted by Gasteiger charge is -2.11. The molecule has 0 radical (unpaired) electrons. The number of benzene rings is 1. The molecule has 1 aliphatic rings. The first kappa shape index (κ1) is 16.1. The van der Waals surface area contributed by atoms with Crippen molar-refractivity contribution < 1.29 is 23.6 Å². The van der Waals surface area contributed by atoms with E-state index in [9.17, 15) is 9.59 Å². The minimum Gasteiger partial charge on any atom is -0.454 e. The molecule has 1 atom stereocenters. The fourth-order valence-electron chi connectivity index (χ4n) is 2.34. The maximum absolute atomic E-state index is 12.1. The van der Waals surface area contributed by atoms with Crippen LogP contribution in [0.3, 0.4) is 0 Å². The van der Waals surface area contributed by atoms with E-state index in [0.29, 0.717) is 36.0 Å². The molecule has 2 heterocycles. The molecule has 1 amide bonds. The van der Waals surface area contributed by atoms with Crippen molar-refractivity contribution in [1.82, 2.24) is 10.1 Å². The fraction of sp³-hybridized carbons (Fsp3) is 0.375. The highest BCUT2D eigenvalue weighted by Gasteiger charge is 2.23. The van der Waals surface area contributed by atoms with Crippen LogP contribution >= 0.6 is 0 Å². The predicted molar refractivity (Wildman–Crippen MR) is 82.2 cm³/mol. The second kappa shape index (κ2) is 7.22. The van der Waals surface area contributed by atoms with Gasteiger partial charge in [0.05, 0.1) is 5.56 Å². The summed E-state index contributed by atoms with van der Waals surface area (Å²) in [7, 11) is 0. The van der Waals surface area contributed by atoms with Crippen LogP contribution in [0.4, 0.5) is 5.69 Å². The summed E-state index contributed by atoms with van der Waals surface area (Å²) in [5.74, 6) is -0.0467. The molecule has 8 heteroatoms. The second-order valence-electron chi connectivity index (χ2n) is 5.38. The number of ether oxygens (including phenoxy) is 2. The molecule has 1 aromatic carbocycles. The number of anilines is 1. The summed E-state index contributed by atoms with van der Waals surface area (Å²) in [6.45, 7) is 2.17. The van der Waals surface area contributed by atoms with E-state index in [2.05, 4.69) is 15.5 Å². The second-order valence-corrected chi connectivity index (χ2v) is 5.38. The Kier molecular flexibility index (Phi) is 4.85. The molecule has 1 saturated heterocycles. The molecule has 0 bridgehead atoms. The Morgan fingerprint density at radius 3 is 3.00 bits per heavy atom. The molecule has 126 valence electrons. The van der Waals surface area contributed by atoms with E-state index in [1.54, 1.807) is 31.2 Å². The molecule has 1 unspecified atom stereocenters. The van der Waals surface area contributed by atoms with Crippen molar-refractivity contribution in [3.8, 4) is 0 Å². The van der Waals surface area contributed by atoms with Gasteiger partial charge in [-0.3, -0.25) is 4.79 Å². The molecule has 2 aromatic rings. The molecule has 1 N–H and O–H groups in total. The fourth-order valence-corrected chi connectivity index (χ4v) is 2.34. The smallest absolute Gasteiger partial charge is 0.338 e. The lowest BCUT2D eigenvalue weighted by Crippen LogP contribution is -2.26. The van der Waals surface area contributed by atoms with Crippen LogP contribution in [-0.2, 0) is 20.9 Å². The van der Waals surface area contributed by atoms with E-state index < -0.39 is 12.1 Å². The number of rotatable bonds is 5. The summed E-state index contributed by atoms with van der Waals surface area (Å²) in [5.41, 5.74) is 0.834. The van der Waals surface area contributed by atoms with E-state index in [4.69, 9.17) is 14.0 Å². The van der Waals surface area contributed by atoms with Gasteiger partial charge in [-0.2, -0.15) is 4.98 Å². The van der Waals surface area contributed by atoms with Gasteiger partial charge in [0.25, 0.3) is 5.91 Å². The summed E-state index contributed by atoms with van der Waals surface area (Å²) in [4.78, 5) is 28.1. The Hall–Kier alpha value is -2.74. The zero-order valence-corrected chi connectivity index (χ0v) is 13.2. The van der Waals surface area contributed by atoms with Crippen LogP contribution in [0.2, 0.25) is 0 Å². The van der Waals surface area contributed by atoms with Crippen LogP contribution in [0.25, 0.3) is 0 Å². The molecular formula is C16H17N3O5. The van der Waals surface area contributed by atoms with Gasteiger partial charge in [-0.05, 0) is 31.0 Å². The number of hydrogen-bond acceptors (Lipinski definition) is 7. The van der Waals surface area contributed by atoms with Gasteiger partial charge in [-0.25, -0.2) is 4.79 Å². The van der Waals surface area contributed by atoms with Gasteiger partial charge in [-0.15, -0.1) is 0 Å². The van der Waals surface area contributed by atoms with Crippen molar-refractivity contribution in [2.24, 2.45) is 0 Å². The summed E-state index contributed by atoms with van der Waals surface area (Å²) in [6.07, 6.45) is 1.15. The van der Waals surface area contributed by atoms with E-state index in [0.717, 1.165) is 6.42 Å². The van der Waals surface area contributed by atoms with Gasteiger partial charge >= 0.3 is 5.97 Å². The van der Waals surface area contributed by atoms with Crippen molar-refractivity contribution >= 4 is 17.6 Å². The van der Waals surface area contributed by atoms with Crippen molar-refractivity contribution in [3.63, 3.8) is 0 Å².